The SMILES string of the molecule is O=C(CN1CCC(O)C1)Nc1ccccc1Br. The molecular formula is C12H15BrN2O2. The molecule has 1 saturated heterocycles. The number of rotatable bonds is 3. The minimum atomic E-state index is -0.286. The fourth-order valence-corrected chi connectivity index (χ4v) is 2.30. The molecule has 17 heavy (non-hydrogen) atoms. The molecule has 1 aromatic carbocycles. The maximum atomic E-state index is 11.8. The molecule has 1 heterocycles. The highest BCUT2D eigenvalue weighted by molar-refractivity contribution is 9.10. The van der Waals surface area contributed by atoms with Gasteiger partial charge in [-0.05, 0) is 34.5 Å². The molecule has 0 bridgehead atoms. The van der Waals surface area contributed by atoms with Crippen molar-refractivity contribution < 1.29 is 9.90 Å². The standard InChI is InChI=1S/C12H15BrN2O2/c13-10-3-1-2-4-11(10)14-12(17)8-15-6-5-9(16)7-15/h1-4,9,16H,5-8H2,(H,14,17). The number of anilines is 1. The van der Waals surface area contributed by atoms with E-state index in [1.54, 1.807) is 0 Å². The summed E-state index contributed by atoms with van der Waals surface area (Å²) in [5.41, 5.74) is 0.775. The van der Waals surface area contributed by atoms with E-state index in [1.807, 2.05) is 29.2 Å². The highest BCUT2D eigenvalue weighted by Gasteiger charge is 2.22. The number of hydrogen-bond donors (Lipinski definition) is 2. The maximum Gasteiger partial charge on any atom is 0.238 e. The summed E-state index contributed by atoms with van der Waals surface area (Å²) in [6, 6.07) is 7.51. The molecule has 0 aromatic heterocycles. The molecule has 0 saturated carbocycles. The molecule has 1 amide bonds. The van der Waals surface area contributed by atoms with Gasteiger partial charge >= 0.3 is 0 Å². The van der Waals surface area contributed by atoms with Gasteiger partial charge in [0.25, 0.3) is 0 Å². The van der Waals surface area contributed by atoms with Crippen molar-refractivity contribution in [3.05, 3.63) is 28.7 Å². The molecule has 4 nitrogen and oxygen atoms in total. The molecule has 0 radical (unpaired) electrons. The first-order valence-electron chi connectivity index (χ1n) is 5.60. The summed E-state index contributed by atoms with van der Waals surface area (Å²) >= 11 is 3.38. The van der Waals surface area contributed by atoms with Gasteiger partial charge in [0.05, 0.1) is 18.3 Å². The summed E-state index contributed by atoms with van der Waals surface area (Å²) in [6.07, 6.45) is 0.466. The number of aliphatic hydroxyl groups excluding tert-OH is 1. The lowest BCUT2D eigenvalue weighted by molar-refractivity contribution is -0.117. The number of benzene rings is 1. The van der Waals surface area contributed by atoms with E-state index in [4.69, 9.17) is 0 Å². The minimum absolute atomic E-state index is 0.0500. The Hall–Kier alpha value is -0.910. The van der Waals surface area contributed by atoms with Crippen LogP contribution >= 0.6 is 15.9 Å². The third-order valence-corrected chi connectivity index (χ3v) is 3.45. The number of β-amino-alcohol motifs (C(OH)–C–C–N with tert-alkyl or cyclic N) is 1. The van der Waals surface area contributed by atoms with E-state index >= 15 is 0 Å². The van der Waals surface area contributed by atoms with Gasteiger partial charge in [0, 0.05) is 17.6 Å². The Bertz CT molecular complexity index is 411. The van der Waals surface area contributed by atoms with Gasteiger partial charge in [0.2, 0.25) is 5.91 Å². The van der Waals surface area contributed by atoms with Gasteiger partial charge in [-0.3, -0.25) is 9.69 Å². The molecular weight excluding hydrogens is 284 g/mol. The third-order valence-electron chi connectivity index (χ3n) is 2.76. The molecule has 2 rings (SSSR count). The first-order chi connectivity index (χ1) is 8.15. The Kier molecular flexibility index (Phi) is 4.15. The van der Waals surface area contributed by atoms with Gasteiger partial charge in [-0.25, -0.2) is 0 Å². The molecule has 2 N–H and O–H groups in total. The normalized spacial score (nSPS) is 20.5. The Labute approximate surface area is 109 Å². The zero-order valence-corrected chi connectivity index (χ0v) is 11.0. The number of hydrogen-bond acceptors (Lipinski definition) is 3. The molecule has 1 aliphatic heterocycles. The Balaban J connectivity index is 1.87. The van der Waals surface area contributed by atoms with Gasteiger partial charge in [-0.1, -0.05) is 12.1 Å². The lowest BCUT2D eigenvalue weighted by atomic mass is 10.3. The smallest absolute Gasteiger partial charge is 0.238 e. The van der Waals surface area contributed by atoms with Crippen molar-refractivity contribution in [2.24, 2.45) is 0 Å². The molecule has 1 fully saturated rings. The number of nitrogens with one attached hydrogen (secondary N) is 1. The van der Waals surface area contributed by atoms with E-state index in [-0.39, 0.29) is 12.0 Å². The first kappa shape index (κ1) is 12.5. The van der Waals surface area contributed by atoms with Gasteiger partial charge in [0.1, 0.15) is 0 Å². The summed E-state index contributed by atoms with van der Waals surface area (Å²) in [6.45, 7) is 1.70. The second-order valence-corrected chi connectivity index (χ2v) is 5.06. The fourth-order valence-electron chi connectivity index (χ4n) is 1.91. The average molecular weight is 299 g/mol. The van der Waals surface area contributed by atoms with E-state index in [2.05, 4.69) is 21.2 Å². The van der Waals surface area contributed by atoms with Crippen LogP contribution in [-0.2, 0) is 4.79 Å². The summed E-state index contributed by atoms with van der Waals surface area (Å²) < 4.78 is 0.870. The largest absolute Gasteiger partial charge is 0.392 e. The monoisotopic (exact) mass is 298 g/mol. The van der Waals surface area contributed by atoms with Crippen LogP contribution in [0.3, 0.4) is 0 Å². The van der Waals surface area contributed by atoms with Crippen LogP contribution in [0, 0.1) is 0 Å². The summed E-state index contributed by atoms with van der Waals surface area (Å²) in [7, 11) is 0. The van der Waals surface area contributed by atoms with Crippen LogP contribution in [0.15, 0.2) is 28.7 Å². The highest BCUT2D eigenvalue weighted by Crippen LogP contribution is 2.21. The number of likely N-dealkylation sites (tertiary alicyclic amines) is 1. The third kappa shape index (κ3) is 3.52. The summed E-state index contributed by atoms with van der Waals surface area (Å²) in [4.78, 5) is 13.7. The van der Waals surface area contributed by atoms with Crippen LogP contribution in [0.2, 0.25) is 0 Å². The first-order valence-corrected chi connectivity index (χ1v) is 6.39. The Morgan fingerprint density at radius 3 is 2.94 bits per heavy atom. The maximum absolute atomic E-state index is 11.8. The fraction of sp³-hybridized carbons (Fsp3) is 0.417. The lowest BCUT2D eigenvalue weighted by Gasteiger charge is -2.14. The van der Waals surface area contributed by atoms with E-state index in [9.17, 15) is 9.90 Å². The zero-order valence-electron chi connectivity index (χ0n) is 9.40. The zero-order chi connectivity index (χ0) is 12.3. The minimum Gasteiger partial charge on any atom is -0.392 e. The van der Waals surface area contributed by atoms with Crippen LogP contribution in [0.4, 0.5) is 5.69 Å². The second-order valence-electron chi connectivity index (χ2n) is 4.21. The average Bonchev–Trinajstić information content (AvgIpc) is 2.67. The highest BCUT2D eigenvalue weighted by atomic mass is 79.9. The van der Waals surface area contributed by atoms with Gasteiger partial charge < -0.3 is 10.4 Å². The van der Waals surface area contributed by atoms with E-state index in [0.29, 0.717) is 13.1 Å². The molecule has 1 aromatic rings. The second kappa shape index (κ2) is 5.62. The Morgan fingerprint density at radius 1 is 1.53 bits per heavy atom. The van der Waals surface area contributed by atoms with Crippen LogP contribution in [0.1, 0.15) is 6.42 Å². The van der Waals surface area contributed by atoms with Gasteiger partial charge in [-0.15, -0.1) is 0 Å². The summed E-state index contributed by atoms with van der Waals surface area (Å²) in [5.74, 6) is -0.0500. The van der Waals surface area contributed by atoms with Crippen molar-refractivity contribution in [2.75, 3.05) is 25.0 Å². The van der Waals surface area contributed by atoms with E-state index in [0.717, 1.165) is 23.1 Å². The number of nitrogens with zero attached hydrogens (tertiary/aromatic N) is 1. The molecule has 1 atom stereocenters. The summed E-state index contributed by atoms with van der Waals surface area (Å²) in [5, 5.41) is 12.2. The van der Waals surface area contributed by atoms with Crippen molar-refractivity contribution in [3.63, 3.8) is 0 Å². The lowest BCUT2D eigenvalue weighted by Crippen LogP contribution is -2.32. The molecule has 0 aliphatic carbocycles. The molecule has 92 valence electrons. The number of aliphatic hydroxyl groups is 1. The molecule has 1 aliphatic rings. The quantitative estimate of drug-likeness (QED) is 0.888. The van der Waals surface area contributed by atoms with Crippen molar-refractivity contribution >= 4 is 27.5 Å². The molecule has 1 unspecified atom stereocenters. The molecule has 5 heteroatoms. The predicted molar refractivity (Wildman–Crippen MR) is 69.8 cm³/mol. The number of para-hydroxylation sites is 1. The Morgan fingerprint density at radius 2 is 2.29 bits per heavy atom. The van der Waals surface area contributed by atoms with Crippen molar-refractivity contribution in [2.45, 2.75) is 12.5 Å². The van der Waals surface area contributed by atoms with Crippen LogP contribution < -0.4 is 5.32 Å². The van der Waals surface area contributed by atoms with Crippen molar-refractivity contribution in [3.8, 4) is 0 Å². The van der Waals surface area contributed by atoms with Crippen LogP contribution in [0.5, 0.6) is 0 Å². The van der Waals surface area contributed by atoms with Crippen molar-refractivity contribution in [1.82, 2.24) is 4.90 Å². The molecule has 0 spiro atoms. The van der Waals surface area contributed by atoms with Crippen LogP contribution in [-0.4, -0.2) is 41.7 Å². The van der Waals surface area contributed by atoms with E-state index < -0.39 is 0 Å². The van der Waals surface area contributed by atoms with Gasteiger partial charge in [0.15, 0.2) is 0 Å². The van der Waals surface area contributed by atoms with Gasteiger partial charge in [-0.2, -0.15) is 0 Å². The van der Waals surface area contributed by atoms with Crippen LogP contribution in [0.25, 0.3) is 0 Å². The number of halogens is 1. The topological polar surface area (TPSA) is 52.6 Å². The van der Waals surface area contributed by atoms with E-state index in [1.165, 1.54) is 0 Å². The number of amides is 1. The number of carbonyl (C=O) groups excluding carboxylic acids is 1. The van der Waals surface area contributed by atoms with Crippen molar-refractivity contribution in [1.29, 1.82) is 0 Å². The number of carbonyl (C=O) groups is 1. The predicted octanol–water partition coefficient (Wildman–Crippen LogP) is 1.45.